The van der Waals surface area contributed by atoms with Gasteiger partial charge >= 0.3 is 5.97 Å². The van der Waals surface area contributed by atoms with E-state index in [4.69, 9.17) is 8.60 Å². The van der Waals surface area contributed by atoms with Gasteiger partial charge in [0.1, 0.15) is 0 Å². The highest BCUT2D eigenvalue weighted by molar-refractivity contribution is 8.30. The SMILES string of the molecule is O=C(OS(c1ccccc1)(c1ccccc1)c1ccccc1)c1ccco1. The zero-order chi connectivity index (χ0) is 18.5. The first-order valence-corrected chi connectivity index (χ1v) is 10.1. The molecule has 0 spiro atoms. The highest BCUT2D eigenvalue weighted by Crippen LogP contribution is 2.69. The van der Waals surface area contributed by atoms with Crippen LogP contribution in [0.25, 0.3) is 0 Å². The summed E-state index contributed by atoms with van der Waals surface area (Å²) in [5.41, 5.74) is 0. The fourth-order valence-corrected chi connectivity index (χ4v) is 5.97. The van der Waals surface area contributed by atoms with Crippen LogP contribution in [0.2, 0.25) is 0 Å². The van der Waals surface area contributed by atoms with Crippen molar-refractivity contribution < 1.29 is 13.4 Å². The van der Waals surface area contributed by atoms with Gasteiger partial charge in [-0.15, -0.1) is 0 Å². The van der Waals surface area contributed by atoms with Crippen LogP contribution in [0.15, 0.2) is 128 Å². The molecule has 0 unspecified atom stereocenters. The molecule has 3 aromatic carbocycles. The normalized spacial score (nSPS) is 11.7. The van der Waals surface area contributed by atoms with E-state index in [0.29, 0.717) is 0 Å². The molecule has 4 aromatic rings. The van der Waals surface area contributed by atoms with E-state index in [-0.39, 0.29) is 5.76 Å². The van der Waals surface area contributed by atoms with Gasteiger partial charge in [0.25, 0.3) is 0 Å². The van der Waals surface area contributed by atoms with Crippen LogP contribution in [0.4, 0.5) is 0 Å². The van der Waals surface area contributed by atoms with Gasteiger partial charge < -0.3 is 8.60 Å². The molecule has 0 N–H and O–H groups in total. The predicted molar refractivity (Wildman–Crippen MR) is 106 cm³/mol. The Morgan fingerprint density at radius 2 is 1.07 bits per heavy atom. The first-order valence-electron chi connectivity index (χ1n) is 8.56. The lowest BCUT2D eigenvalue weighted by atomic mass is 10.4. The summed E-state index contributed by atoms with van der Waals surface area (Å²) in [6.07, 6.45) is 1.47. The molecular weight excluding hydrogens is 356 g/mol. The Morgan fingerprint density at radius 1 is 0.630 bits per heavy atom. The van der Waals surface area contributed by atoms with Crippen molar-refractivity contribution in [2.75, 3.05) is 0 Å². The van der Waals surface area contributed by atoms with Gasteiger partial charge in [-0.1, -0.05) is 54.6 Å². The quantitative estimate of drug-likeness (QED) is 0.409. The molecule has 0 radical (unpaired) electrons. The molecule has 0 bridgehead atoms. The lowest BCUT2D eigenvalue weighted by Crippen LogP contribution is -2.13. The monoisotopic (exact) mass is 374 g/mol. The lowest BCUT2D eigenvalue weighted by Gasteiger charge is -2.39. The Balaban J connectivity index is 1.96. The molecule has 0 amide bonds. The van der Waals surface area contributed by atoms with Crippen molar-refractivity contribution in [2.45, 2.75) is 14.7 Å². The zero-order valence-electron chi connectivity index (χ0n) is 14.5. The van der Waals surface area contributed by atoms with Gasteiger partial charge in [-0.2, -0.15) is 0 Å². The summed E-state index contributed by atoms with van der Waals surface area (Å²) in [6.45, 7) is 0. The Labute approximate surface area is 159 Å². The van der Waals surface area contributed by atoms with Gasteiger partial charge in [0, 0.05) is 14.7 Å². The molecular formula is C23H18O3S. The fraction of sp³-hybridized carbons (Fsp3) is 0. The Morgan fingerprint density at radius 3 is 1.44 bits per heavy atom. The number of rotatable bonds is 5. The van der Waals surface area contributed by atoms with Crippen molar-refractivity contribution in [3.63, 3.8) is 0 Å². The summed E-state index contributed by atoms with van der Waals surface area (Å²) in [6, 6.07) is 33.0. The van der Waals surface area contributed by atoms with Gasteiger partial charge in [0.05, 0.1) is 6.26 Å². The number of carbonyl (C=O) groups excluding carboxylic acids is 1. The van der Waals surface area contributed by atoms with E-state index < -0.39 is 16.3 Å². The highest BCUT2D eigenvalue weighted by atomic mass is 32.3. The van der Waals surface area contributed by atoms with Gasteiger partial charge in [-0.05, 0) is 58.8 Å². The van der Waals surface area contributed by atoms with E-state index >= 15 is 0 Å². The second-order valence-corrected chi connectivity index (χ2v) is 8.54. The van der Waals surface area contributed by atoms with Crippen LogP contribution in [-0.4, -0.2) is 5.97 Å². The average Bonchev–Trinajstić information content (AvgIpc) is 3.29. The first-order chi connectivity index (χ1) is 13.3. The number of benzene rings is 3. The molecule has 0 saturated carbocycles. The minimum absolute atomic E-state index is 0.190. The summed E-state index contributed by atoms with van der Waals surface area (Å²) in [4.78, 5) is 15.8. The Kier molecular flexibility index (Phi) is 4.81. The van der Waals surface area contributed by atoms with E-state index in [9.17, 15) is 4.79 Å². The van der Waals surface area contributed by atoms with Gasteiger partial charge in [0.2, 0.25) is 5.76 Å². The first kappa shape index (κ1) is 17.2. The largest absolute Gasteiger partial charge is 0.457 e. The molecule has 0 aliphatic heterocycles. The molecule has 0 aliphatic carbocycles. The topological polar surface area (TPSA) is 39.4 Å². The number of hydrogen-bond acceptors (Lipinski definition) is 3. The van der Waals surface area contributed by atoms with Crippen LogP contribution in [0.5, 0.6) is 0 Å². The summed E-state index contributed by atoms with van der Waals surface area (Å²) in [5.74, 6) is -0.291. The molecule has 0 fully saturated rings. The van der Waals surface area contributed by atoms with Gasteiger partial charge in [-0.25, -0.2) is 4.79 Å². The molecule has 0 saturated heterocycles. The summed E-state index contributed by atoms with van der Waals surface area (Å²) < 4.78 is 11.6. The lowest BCUT2D eigenvalue weighted by molar-refractivity contribution is 0.0724. The minimum Gasteiger partial charge on any atom is -0.457 e. The summed E-state index contributed by atoms with van der Waals surface area (Å²) in [7, 11) is -2.27. The van der Waals surface area contributed by atoms with Crippen molar-refractivity contribution in [2.24, 2.45) is 0 Å². The molecule has 3 nitrogen and oxygen atoms in total. The van der Waals surface area contributed by atoms with Gasteiger partial charge in [-0.3, -0.25) is 0 Å². The minimum atomic E-state index is -2.27. The van der Waals surface area contributed by atoms with Crippen LogP contribution in [0.1, 0.15) is 10.6 Å². The molecule has 1 heterocycles. The molecule has 27 heavy (non-hydrogen) atoms. The fourth-order valence-electron chi connectivity index (χ4n) is 2.94. The Bertz CT molecular complexity index is 901. The third kappa shape index (κ3) is 3.27. The zero-order valence-corrected chi connectivity index (χ0v) is 15.3. The smallest absolute Gasteiger partial charge is 0.385 e. The van der Waals surface area contributed by atoms with Crippen molar-refractivity contribution in [3.05, 3.63) is 115 Å². The van der Waals surface area contributed by atoms with Crippen molar-refractivity contribution in [3.8, 4) is 0 Å². The summed E-state index contributed by atoms with van der Waals surface area (Å²) >= 11 is 0. The molecule has 134 valence electrons. The van der Waals surface area contributed by atoms with Crippen LogP contribution in [0, 0.1) is 0 Å². The van der Waals surface area contributed by atoms with Crippen LogP contribution >= 0.6 is 10.3 Å². The Hall–Kier alpha value is -3.24. The average molecular weight is 374 g/mol. The maximum Gasteiger partial charge on any atom is 0.385 e. The van der Waals surface area contributed by atoms with E-state index in [2.05, 4.69) is 0 Å². The van der Waals surface area contributed by atoms with E-state index in [0.717, 1.165) is 14.7 Å². The third-order valence-corrected chi connectivity index (χ3v) is 7.36. The van der Waals surface area contributed by atoms with E-state index in [1.165, 1.54) is 6.26 Å². The predicted octanol–water partition coefficient (Wildman–Crippen LogP) is 6.33. The van der Waals surface area contributed by atoms with Crippen molar-refractivity contribution in [1.29, 1.82) is 0 Å². The van der Waals surface area contributed by atoms with E-state index in [1.54, 1.807) is 12.1 Å². The van der Waals surface area contributed by atoms with Gasteiger partial charge in [0.15, 0.2) is 0 Å². The molecule has 0 aliphatic rings. The number of furan rings is 1. The molecule has 4 heteroatoms. The van der Waals surface area contributed by atoms with Crippen LogP contribution < -0.4 is 0 Å². The maximum absolute atomic E-state index is 12.9. The molecule has 1 aromatic heterocycles. The third-order valence-electron chi connectivity index (χ3n) is 4.15. The summed E-state index contributed by atoms with van der Waals surface area (Å²) in [5, 5.41) is 0. The molecule has 4 rings (SSSR count). The highest BCUT2D eigenvalue weighted by Gasteiger charge is 2.36. The van der Waals surface area contributed by atoms with Crippen molar-refractivity contribution >= 4 is 16.3 Å². The van der Waals surface area contributed by atoms with Crippen molar-refractivity contribution in [1.82, 2.24) is 0 Å². The number of carbonyl (C=O) groups is 1. The molecule has 0 atom stereocenters. The second kappa shape index (κ2) is 7.56. The van der Waals surface area contributed by atoms with Crippen LogP contribution in [0.3, 0.4) is 0 Å². The second-order valence-electron chi connectivity index (χ2n) is 5.84. The van der Waals surface area contributed by atoms with Crippen LogP contribution in [-0.2, 0) is 4.18 Å². The maximum atomic E-state index is 12.9. The number of hydrogen-bond donors (Lipinski definition) is 0. The standard InChI is InChI=1S/C23H18O3S/c24-23(22-17-10-18-25-22)26-27(19-11-4-1-5-12-19,20-13-6-2-7-14-20)21-15-8-3-9-16-21/h1-18H. The van der Waals surface area contributed by atoms with E-state index in [1.807, 2.05) is 91.0 Å².